The Labute approximate surface area is 69.6 Å². The average molecular weight is 180 g/mol. The highest BCUT2D eigenvalue weighted by atomic mass is 32.2. The van der Waals surface area contributed by atoms with E-state index in [0.29, 0.717) is 13.0 Å². The van der Waals surface area contributed by atoms with Gasteiger partial charge in [-0.1, -0.05) is 0 Å². The summed E-state index contributed by atoms with van der Waals surface area (Å²) >= 11 is -2.43. The topological polar surface area (TPSA) is 75.4 Å². The van der Waals surface area contributed by atoms with E-state index in [-0.39, 0.29) is 0 Å². The average Bonchev–Trinajstić information content (AvgIpc) is 1.81. The van der Waals surface area contributed by atoms with Crippen LogP contribution in [0.2, 0.25) is 0 Å². The molecule has 1 unspecified atom stereocenters. The van der Waals surface area contributed by atoms with E-state index in [0.717, 1.165) is 6.42 Å². The smallest absolute Gasteiger partial charge is 0.0847 e. The Kier molecular flexibility index (Phi) is 4.83. The molecule has 11 heavy (non-hydrogen) atoms. The molecule has 0 radical (unpaired) electrons. The van der Waals surface area contributed by atoms with Crippen LogP contribution in [0.25, 0.3) is 0 Å². The van der Waals surface area contributed by atoms with Crippen LogP contribution in [0.5, 0.6) is 0 Å². The van der Waals surface area contributed by atoms with Crippen LogP contribution in [0.4, 0.5) is 0 Å². The molecule has 0 saturated carbocycles. The van der Waals surface area contributed by atoms with Gasteiger partial charge in [0.05, 0.1) is 17.0 Å². The van der Waals surface area contributed by atoms with Gasteiger partial charge in [-0.05, 0) is 33.2 Å². The molecule has 5 heteroatoms. The second kappa shape index (κ2) is 4.82. The molecule has 0 saturated heterocycles. The molecule has 2 N–H and O–H groups in total. The molecule has 0 fully saturated rings. The first-order valence-corrected chi connectivity index (χ1v) is 4.47. The predicted octanol–water partition coefficient (Wildman–Crippen LogP) is 0.315. The maximum absolute atomic E-state index is 10.1. The zero-order valence-electron chi connectivity index (χ0n) is 6.83. The fraction of sp³-hybridized carbons (Fsp3) is 1.00. The predicted molar refractivity (Wildman–Crippen MR) is 42.4 cm³/mol. The Hall–Kier alpha value is 0.0300. The third kappa shape index (κ3) is 6.43. The lowest BCUT2D eigenvalue weighted by Gasteiger charge is -2.25. The fourth-order valence-corrected chi connectivity index (χ4v) is 1.21. The Morgan fingerprint density at radius 2 is 2.18 bits per heavy atom. The number of nitrogens with two attached hydrogens (primary N) is 1. The van der Waals surface area contributed by atoms with Crippen molar-refractivity contribution in [2.24, 2.45) is 5.73 Å². The molecule has 0 aliphatic rings. The molecule has 0 aliphatic heterocycles. The van der Waals surface area contributed by atoms with Crippen molar-refractivity contribution in [3.63, 3.8) is 0 Å². The van der Waals surface area contributed by atoms with Crippen molar-refractivity contribution in [3.8, 4) is 0 Å². The minimum atomic E-state index is -2.43. The summed E-state index contributed by atoms with van der Waals surface area (Å²) in [4.78, 5) is 0. The maximum atomic E-state index is 10.1. The fourth-order valence-electron chi connectivity index (χ4n) is 0.754. The number of hydrogen-bond acceptors (Lipinski definition) is 4. The van der Waals surface area contributed by atoms with E-state index in [4.69, 9.17) is 5.73 Å². The molecule has 0 amide bonds. The van der Waals surface area contributed by atoms with Crippen molar-refractivity contribution < 1.29 is 12.9 Å². The molecule has 68 valence electrons. The molecule has 0 spiro atoms. The van der Waals surface area contributed by atoms with E-state index >= 15 is 0 Å². The van der Waals surface area contributed by atoms with Gasteiger partial charge in [0.15, 0.2) is 0 Å². The van der Waals surface area contributed by atoms with Gasteiger partial charge in [-0.2, -0.15) is 0 Å². The van der Waals surface area contributed by atoms with Gasteiger partial charge >= 0.3 is 0 Å². The maximum Gasteiger partial charge on any atom is 0.0847 e. The molecule has 0 aliphatic carbocycles. The lowest BCUT2D eigenvalue weighted by molar-refractivity contribution is 0.101. The highest BCUT2D eigenvalue weighted by Gasteiger charge is 2.17. The highest BCUT2D eigenvalue weighted by Crippen LogP contribution is 2.16. The van der Waals surface area contributed by atoms with Gasteiger partial charge in [-0.15, -0.1) is 0 Å². The molecule has 0 bridgehead atoms. The SMILES string of the molecule is CC(C)(CCCN)OS(=O)[O-]. The van der Waals surface area contributed by atoms with Crippen molar-refractivity contribution in [3.05, 3.63) is 0 Å². The third-order valence-corrected chi connectivity index (χ3v) is 1.86. The van der Waals surface area contributed by atoms with Crippen molar-refractivity contribution in [2.45, 2.75) is 32.3 Å². The molecule has 4 nitrogen and oxygen atoms in total. The van der Waals surface area contributed by atoms with Crippen LogP contribution in [-0.4, -0.2) is 20.9 Å². The Morgan fingerprint density at radius 3 is 2.55 bits per heavy atom. The van der Waals surface area contributed by atoms with Crippen LogP contribution in [0.1, 0.15) is 26.7 Å². The summed E-state index contributed by atoms with van der Waals surface area (Å²) in [7, 11) is 0. The second-order valence-corrected chi connectivity index (χ2v) is 3.51. The molecular formula is C6H14NO3S-. The summed E-state index contributed by atoms with van der Waals surface area (Å²) in [5.74, 6) is 0. The van der Waals surface area contributed by atoms with Crippen LogP contribution in [0, 0.1) is 0 Å². The summed E-state index contributed by atoms with van der Waals surface area (Å²) in [5.41, 5.74) is 4.64. The van der Waals surface area contributed by atoms with Gasteiger partial charge < -0.3 is 10.3 Å². The molecule has 0 heterocycles. The summed E-state index contributed by atoms with van der Waals surface area (Å²) in [6, 6.07) is 0. The monoisotopic (exact) mass is 180 g/mol. The molecule has 1 atom stereocenters. The van der Waals surface area contributed by atoms with Crippen molar-refractivity contribution in [1.29, 1.82) is 0 Å². The molecule has 0 aromatic carbocycles. The van der Waals surface area contributed by atoms with Gasteiger partial charge in [-0.3, -0.25) is 4.18 Å². The summed E-state index contributed by atoms with van der Waals surface area (Å²) < 4.78 is 24.9. The van der Waals surface area contributed by atoms with Gasteiger partial charge in [0.2, 0.25) is 0 Å². The quantitative estimate of drug-likeness (QED) is 0.618. The van der Waals surface area contributed by atoms with Crippen LogP contribution in [0.15, 0.2) is 0 Å². The standard InChI is InChI=1S/C6H15NO3S/c1-6(2,4-3-5-7)10-11(8)9/h3-5,7H2,1-2H3,(H,8,9)/p-1. The van der Waals surface area contributed by atoms with Gasteiger partial charge in [-0.25, -0.2) is 4.21 Å². The molecule has 0 rings (SSSR count). The van der Waals surface area contributed by atoms with E-state index in [9.17, 15) is 8.76 Å². The summed E-state index contributed by atoms with van der Waals surface area (Å²) in [6.45, 7) is 4.00. The lowest BCUT2D eigenvalue weighted by Crippen LogP contribution is -2.26. The van der Waals surface area contributed by atoms with Crippen molar-refractivity contribution in [1.82, 2.24) is 0 Å². The molecule has 0 aromatic heterocycles. The minimum Gasteiger partial charge on any atom is -0.750 e. The van der Waals surface area contributed by atoms with Crippen molar-refractivity contribution in [2.75, 3.05) is 6.54 Å². The van der Waals surface area contributed by atoms with Crippen LogP contribution in [-0.2, 0) is 15.5 Å². The van der Waals surface area contributed by atoms with Gasteiger partial charge in [0.1, 0.15) is 0 Å². The summed E-state index contributed by atoms with van der Waals surface area (Å²) in [6.07, 6.45) is 1.42. The Morgan fingerprint density at radius 1 is 1.64 bits per heavy atom. The normalized spacial score (nSPS) is 14.9. The van der Waals surface area contributed by atoms with E-state index in [1.54, 1.807) is 13.8 Å². The van der Waals surface area contributed by atoms with Crippen molar-refractivity contribution >= 4 is 11.4 Å². The van der Waals surface area contributed by atoms with E-state index in [1.807, 2.05) is 0 Å². The van der Waals surface area contributed by atoms with Crippen LogP contribution in [0.3, 0.4) is 0 Å². The molecular weight excluding hydrogens is 166 g/mol. The largest absolute Gasteiger partial charge is 0.750 e. The number of rotatable bonds is 5. The van der Waals surface area contributed by atoms with Crippen LogP contribution < -0.4 is 5.73 Å². The Balaban J connectivity index is 3.70. The van der Waals surface area contributed by atoms with E-state index in [2.05, 4.69) is 4.18 Å². The van der Waals surface area contributed by atoms with Crippen LogP contribution >= 0.6 is 0 Å². The second-order valence-electron chi connectivity index (χ2n) is 2.94. The lowest BCUT2D eigenvalue weighted by atomic mass is 10.0. The zero-order chi connectivity index (χ0) is 8.91. The zero-order valence-corrected chi connectivity index (χ0v) is 7.65. The highest BCUT2D eigenvalue weighted by molar-refractivity contribution is 7.74. The molecule has 0 aromatic rings. The third-order valence-electron chi connectivity index (χ3n) is 1.28. The first-order valence-electron chi connectivity index (χ1n) is 3.47. The number of hydrogen-bond donors (Lipinski definition) is 1. The van der Waals surface area contributed by atoms with E-state index in [1.165, 1.54) is 0 Å². The van der Waals surface area contributed by atoms with E-state index < -0.39 is 17.0 Å². The van der Waals surface area contributed by atoms with Gasteiger partial charge in [0, 0.05) is 0 Å². The first-order chi connectivity index (χ1) is 4.98. The van der Waals surface area contributed by atoms with Gasteiger partial charge in [0.25, 0.3) is 0 Å². The summed E-state index contributed by atoms with van der Waals surface area (Å²) in [5, 5.41) is 0. The first kappa shape index (κ1) is 11.0. The Bertz CT molecular complexity index is 138. The minimum absolute atomic E-state index is 0.554.